The second-order valence-corrected chi connectivity index (χ2v) is 2.52. The van der Waals surface area contributed by atoms with Gasteiger partial charge in [-0.3, -0.25) is 4.79 Å². The fourth-order valence-electron chi connectivity index (χ4n) is 0.648. The summed E-state index contributed by atoms with van der Waals surface area (Å²) in [4.78, 5) is 11.2. The molecule has 6 nitrogen and oxygen atoms in total. The second-order valence-electron chi connectivity index (χ2n) is 2.52. The number of rotatable bonds is 3. The van der Waals surface area contributed by atoms with Crippen molar-refractivity contribution in [1.29, 1.82) is 0 Å². The van der Waals surface area contributed by atoms with E-state index in [2.05, 4.69) is 25.9 Å². The molecule has 0 saturated carbocycles. The van der Waals surface area contributed by atoms with Crippen LogP contribution in [0.5, 0.6) is 0 Å². The summed E-state index contributed by atoms with van der Waals surface area (Å²) >= 11 is 0. The van der Waals surface area contributed by atoms with Gasteiger partial charge in [-0.1, -0.05) is 6.92 Å². The number of carbonyl (C=O) groups excluding carboxylic acids is 1. The molecule has 1 rings (SSSR count). The van der Waals surface area contributed by atoms with E-state index >= 15 is 0 Å². The van der Waals surface area contributed by atoms with Gasteiger partial charge in [-0.05, 0) is 18.6 Å². The van der Waals surface area contributed by atoms with Gasteiger partial charge >= 0.3 is 0 Å². The number of hydrogen-bond donors (Lipinski definition) is 2. The van der Waals surface area contributed by atoms with Gasteiger partial charge in [-0.25, -0.2) is 0 Å². The number of aromatic amines is 1. The summed E-state index contributed by atoms with van der Waals surface area (Å²) in [5.74, 6) is -0.214. The Kier molecular flexibility index (Phi) is 2.73. The molecular weight excluding hydrogens is 158 g/mol. The maximum Gasteiger partial charge on any atom is 0.293 e. The van der Waals surface area contributed by atoms with Gasteiger partial charge in [0.05, 0.1) is 0 Å². The SMILES string of the molecule is CCC(C)NC(=O)c1nn[nH]n1. The number of hydrogen-bond acceptors (Lipinski definition) is 4. The third kappa shape index (κ3) is 2.01. The fraction of sp³-hybridized carbons (Fsp3) is 0.667. The van der Waals surface area contributed by atoms with Crippen LogP contribution < -0.4 is 5.32 Å². The van der Waals surface area contributed by atoms with Crippen LogP contribution >= 0.6 is 0 Å². The molecule has 0 radical (unpaired) electrons. The zero-order valence-corrected chi connectivity index (χ0v) is 7.03. The van der Waals surface area contributed by atoms with Crippen molar-refractivity contribution in [3.05, 3.63) is 5.82 Å². The Labute approximate surface area is 69.7 Å². The molecule has 0 aliphatic heterocycles. The van der Waals surface area contributed by atoms with E-state index < -0.39 is 0 Å². The van der Waals surface area contributed by atoms with Crippen LogP contribution in [-0.2, 0) is 0 Å². The van der Waals surface area contributed by atoms with E-state index in [1.807, 2.05) is 13.8 Å². The van der Waals surface area contributed by atoms with E-state index in [1.54, 1.807) is 0 Å². The Hall–Kier alpha value is -1.46. The molecule has 1 amide bonds. The largest absolute Gasteiger partial charge is 0.347 e. The topological polar surface area (TPSA) is 83.6 Å². The second kappa shape index (κ2) is 3.80. The summed E-state index contributed by atoms with van der Waals surface area (Å²) in [6.07, 6.45) is 0.879. The molecule has 0 aliphatic carbocycles. The Balaban J connectivity index is 2.50. The van der Waals surface area contributed by atoms with Crippen LogP contribution in [0.25, 0.3) is 0 Å². The van der Waals surface area contributed by atoms with Crippen molar-refractivity contribution in [2.45, 2.75) is 26.3 Å². The standard InChI is InChI=1S/C6H11N5O/c1-3-4(2)7-6(12)5-8-10-11-9-5/h4H,3H2,1-2H3,(H,7,12)(H,8,9,10,11). The predicted molar refractivity (Wildman–Crippen MR) is 41.4 cm³/mol. The molecule has 1 heterocycles. The van der Waals surface area contributed by atoms with E-state index in [4.69, 9.17) is 0 Å². The normalized spacial score (nSPS) is 12.5. The molecule has 0 aliphatic rings. The number of H-pyrrole nitrogens is 1. The number of tetrazole rings is 1. The first-order valence-electron chi connectivity index (χ1n) is 3.78. The highest BCUT2D eigenvalue weighted by molar-refractivity contribution is 5.90. The number of nitrogens with zero attached hydrogens (tertiary/aromatic N) is 3. The van der Waals surface area contributed by atoms with Gasteiger partial charge in [0.25, 0.3) is 11.7 Å². The van der Waals surface area contributed by atoms with Gasteiger partial charge in [-0.15, -0.1) is 10.2 Å². The third-order valence-electron chi connectivity index (χ3n) is 1.54. The van der Waals surface area contributed by atoms with E-state index in [-0.39, 0.29) is 17.8 Å². The minimum absolute atomic E-state index is 0.0790. The van der Waals surface area contributed by atoms with Crippen LogP contribution in [0.15, 0.2) is 0 Å². The highest BCUT2D eigenvalue weighted by Gasteiger charge is 2.11. The molecule has 0 saturated heterocycles. The highest BCUT2D eigenvalue weighted by atomic mass is 16.2. The smallest absolute Gasteiger partial charge is 0.293 e. The predicted octanol–water partition coefficient (Wildman–Crippen LogP) is -0.272. The highest BCUT2D eigenvalue weighted by Crippen LogP contribution is 1.90. The van der Waals surface area contributed by atoms with Crippen molar-refractivity contribution in [2.75, 3.05) is 0 Å². The molecule has 1 aromatic rings. The monoisotopic (exact) mass is 169 g/mol. The van der Waals surface area contributed by atoms with Crippen LogP contribution in [0, 0.1) is 0 Å². The van der Waals surface area contributed by atoms with Crippen molar-refractivity contribution >= 4 is 5.91 Å². The van der Waals surface area contributed by atoms with Gasteiger partial charge in [0.2, 0.25) is 0 Å². The van der Waals surface area contributed by atoms with Crippen LogP contribution in [0.4, 0.5) is 0 Å². The summed E-state index contributed by atoms with van der Waals surface area (Å²) in [5.41, 5.74) is 0. The van der Waals surface area contributed by atoms with Crippen LogP contribution in [0.2, 0.25) is 0 Å². The van der Waals surface area contributed by atoms with Gasteiger partial charge in [0, 0.05) is 6.04 Å². The maximum atomic E-state index is 11.2. The molecule has 0 aromatic carbocycles. The van der Waals surface area contributed by atoms with E-state index in [9.17, 15) is 4.79 Å². The molecule has 1 atom stereocenters. The summed E-state index contributed by atoms with van der Waals surface area (Å²) < 4.78 is 0. The van der Waals surface area contributed by atoms with Gasteiger partial charge in [0.15, 0.2) is 0 Å². The summed E-state index contributed by atoms with van der Waals surface area (Å²) in [6.45, 7) is 3.90. The van der Waals surface area contributed by atoms with Crippen LogP contribution in [0.1, 0.15) is 30.9 Å². The molecule has 1 aromatic heterocycles. The zero-order valence-electron chi connectivity index (χ0n) is 7.03. The minimum atomic E-state index is -0.293. The average Bonchev–Trinajstić information content (AvgIpc) is 2.56. The van der Waals surface area contributed by atoms with Crippen molar-refractivity contribution < 1.29 is 4.79 Å². The van der Waals surface area contributed by atoms with Gasteiger partial charge in [-0.2, -0.15) is 5.21 Å². The summed E-state index contributed by atoms with van der Waals surface area (Å²) in [6, 6.07) is 0.135. The number of carbonyl (C=O) groups is 1. The Morgan fingerprint density at radius 2 is 2.50 bits per heavy atom. The summed E-state index contributed by atoms with van der Waals surface area (Å²) in [5, 5.41) is 15.3. The maximum absolute atomic E-state index is 11.2. The molecular formula is C6H11N5O. The Morgan fingerprint density at radius 3 is 3.00 bits per heavy atom. The number of aromatic nitrogens is 4. The zero-order chi connectivity index (χ0) is 8.97. The first kappa shape index (κ1) is 8.63. The molecule has 0 fully saturated rings. The Bertz CT molecular complexity index is 244. The average molecular weight is 169 g/mol. The molecule has 2 N–H and O–H groups in total. The molecule has 0 bridgehead atoms. The number of amides is 1. The lowest BCUT2D eigenvalue weighted by Crippen LogP contribution is -2.32. The molecule has 66 valence electrons. The molecule has 6 heteroatoms. The molecule has 1 unspecified atom stereocenters. The lowest BCUT2D eigenvalue weighted by Gasteiger charge is -2.07. The molecule has 12 heavy (non-hydrogen) atoms. The molecule has 0 spiro atoms. The van der Waals surface area contributed by atoms with Crippen molar-refractivity contribution in [2.24, 2.45) is 0 Å². The first-order chi connectivity index (χ1) is 5.74. The third-order valence-corrected chi connectivity index (χ3v) is 1.54. The lowest BCUT2D eigenvalue weighted by atomic mass is 10.2. The number of nitrogens with one attached hydrogen (secondary N) is 2. The minimum Gasteiger partial charge on any atom is -0.347 e. The van der Waals surface area contributed by atoms with Gasteiger partial charge in [0.1, 0.15) is 0 Å². The van der Waals surface area contributed by atoms with Crippen LogP contribution in [-0.4, -0.2) is 32.6 Å². The Morgan fingerprint density at radius 1 is 1.75 bits per heavy atom. The van der Waals surface area contributed by atoms with Crippen molar-refractivity contribution in [3.63, 3.8) is 0 Å². The van der Waals surface area contributed by atoms with Gasteiger partial charge < -0.3 is 5.32 Å². The van der Waals surface area contributed by atoms with E-state index in [0.29, 0.717) is 0 Å². The fourth-order valence-corrected chi connectivity index (χ4v) is 0.648. The lowest BCUT2D eigenvalue weighted by molar-refractivity contribution is 0.0929. The van der Waals surface area contributed by atoms with Crippen molar-refractivity contribution in [3.8, 4) is 0 Å². The quantitative estimate of drug-likeness (QED) is 0.652. The summed E-state index contributed by atoms with van der Waals surface area (Å²) in [7, 11) is 0. The van der Waals surface area contributed by atoms with Crippen LogP contribution in [0.3, 0.4) is 0 Å². The van der Waals surface area contributed by atoms with E-state index in [1.165, 1.54) is 0 Å². The van der Waals surface area contributed by atoms with Crippen molar-refractivity contribution in [1.82, 2.24) is 25.9 Å². The van der Waals surface area contributed by atoms with E-state index in [0.717, 1.165) is 6.42 Å². The first-order valence-corrected chi connectivity index (χ1v) is 3.78.